The van der Waals surface area contributed by atoms with Gasteiger partial charge in [0.15, 0.2) is 27.1 Å². The molecule has 2 aromatic carbocycles. The van der Waals surface area contributed by atoms with Crippen LogP contribution in [0.3, 0.4) is 0 Å². The average molecular weight is 347 g/mol. The van der Waals surface area contributed by atoms with Gasteiger partial charge in [0, 0.05) is 6.07 Å². The van der Waals surface area contributed by atoms with Crippen molar-refractivity contribution < 1.29 is 27.1 Å². The lowest BCUT2D eigenvalue weighted by atomic mass is 10.1. The molecule has 1 aliphatic rings. The van der Waals surface area contributed by atoms with Crippen molar-refractivity contribution in [2.45, 2.75) is 4.90 Å². The Labute approximate surface area is 137 Å². The van der Waals surface area contributed by atoms with E-state index >= 15 is 0 Å². The van der Waals surface area contributed by atoms with Gasteiger partial charge in [0.05, 0.1) is 29.2 Å². The molecule has 122 valence electrons. The van der Waals surface area contributed by atoms with Crippen molar-refractivity contribution in [3.63, 3.8) is 0 Å². The molecule has 1 aliphatic heterocycles. The van der Waals surface area contributed by atoms with Crippen LogP contribution in [0.4, 0.5) is 4.39 Å². The summed E-state index contributed by atoms with van der Waals surface area (Å²) in [7, 11) is -2.41. The number of ketones is 1. The third kappa shape index (κ3) is 2.59. The minimum Gasteiger partial charge on any atom is -0.492 e. The largest absolute Gasteiger partial charge is 0.492 e. The van der Waals surface area contributed by atoms with Crippen molar-refractivity contribution in [1.82, 2.24) is 0 Å². The number of hydrogen-bond donors (Lipinski definition) is 0. The molecule has 2 aromatic rings. The van der Waals surface area contributed by atoms with E-state index < -0.39 is 27.2 Å². The lowest BCUT2D eigenvalue weighted by Gasteiger charge is -2.13. The van der Waals surface area contributed by atoms with Crippen molar-refractivity contribution in [3.05, 3.63) is 47.3 Å². The maximum Gasteiger partial charge on any atom is 0.186 e. The quantitative estimate of drug-likeness (QED) is 0.847. The van der Waals surface area contributed by atoms with Gasteiger partial charge in [-0.1, -0.05) is 0 Å². The molecule has 0 radical (unpaired) electrons. The Balaban J connectivity index is 2.11. The van der Waals surface area contributed by atoms with E-state index in [1.165, 1.54) is 25.3 Å². The smallest absolute Gasteiger partial charge is 0.186 e. The molecular weight excluding hydrogens is 337 g/mol. The van der Waals surface area contributed by atoms with E-state index in [1.54, 1.807) is 6.07 Å². The molecule has 3 rings (SSSR count). The van der Waals surface area contributed by atoms with Gasteiger partial charge in [-0.15, -0.1) is 0 Å². The topological polar surface area (TPSA) is 93.5 Å². The summed E-state index contributed by atoms with van der Waals surface area (Å²) in [5.41, 5.74) is -0.0179. The summed E-state index contributed by atoms with van der Waals surface area (Å²) in [5, 5.41) is 8.86. The van der Waals surface area contributed by atoms with Crippen LogP contribution in [-0.4, -0.2) is 27.1 Å². The minimum absolute atomic E-state index is 0.0260. The number of nitriles is 1. The molecule has 0 saturated heterocycles. The fraction of sp³-hybridized carbons (Fsp3) is 0.125. The van der Waals surface area contributed by atoms with Crippen molar-refractivity contribution in [3.8, 4) is 23.3 Å². The maximum absolute atomic E-state index is 13.5. The van der Waals surface area contributed by atoms with Gasteiger partial charge in [-0.2, -0.15) is 5.26 Å². The van der Waals surface area contributed by atoms with Crippen LogP contribution < -0.4 is 9.47 Å². The molecule has 0 aromatic heterocycles. The van der Waals surface area contributed by atoms with Gasteiger partial charge in [-0.05, 0) is 24.3 Å². The highest BCUT2D eigenvalue weighted by Crippen LogP contribution is 2.41. The number of carbonyl (C=O) groups is 1. The summed E-state index contributed by atoms with van der Waals surface area (Å²) in [6.45, 7) is 0. The second-order valence-corrected chi connectivity index (χ2v) is 7.00. The summed E-state index contributed by atoms with van der Waals surface area (Å²) >= 11 is 0. The molecule has 1 heterocycles. The van der Waals surface area contributed by atoms with Crippen LogP contribution in [0.1, 0.15) is 15.9 Å². The molecule has 0 amide bonds. The second kappa shape index (κ2) is 5.62. The first-order chi connectivity index (χ1) is 11.4. The van der Waals surface area contributed by atoms with Gasteiger partial charge in [-0.25, -0.2) is 12.8 Å². The molecule has 24 heavy (non-hydrogen) atoms. The van der Waals surface area contributed by atoms with Gasteiger partial charge >= 0.3 is 0 Å². The first-order valence-electron chi connectivity index (χ1n) is 6.71. The Kier molecular flexibility index (Phi) is 3.73. The number of halogens is 1. The summed E-state index contributed by atoms with van der Waals surface area (Å²) in [5.74, 6) is -1.84. The Morgan fingerprint density at radius 1 is 1.25 bits per heavy atom. The fourth-order valence-electron chi connectivity index (χ4n) is 2.49. The molecule has 0 aliphatic carbocycles. The maximum atomic E-state index is 13.5. The monoisotopic (exact) mass is 347 g/mol. The Morgan fingerprint density at radius 3 is 2.67 bits per heavy atom. The predicted octanol–water partition coefficient (Wildman–Crippen LogP) is 2.47. The van der Waals surface area contributed by atoms with E-state index in [-0.39, 0.29) is 33.3 Å². The van der Waals surface area contributed by atoms with E-state index in [4.69, 9.17) is 14.7 Å². The summed E-state index contributed by atoms with van der Waals surface area (Å²) in [6, 6.07) is 7.79. The van der Waals surface area contributed by atoms with E-state index in [0.717, 1.165) is 12.1 Å². The van der Waals surface area contributed by atoms with Gasteiger partial charge in [0.2, 0.25) is 0 Å². The van der Waals surface area contributed by atoms with Crippen molar-refractivity contribution in [2.24, 2.45) is 0 Å². The normalized spacial score (nSPS) is 14.8. The van der Waals surface area contributed by atoms with Crippen LogP contribution >= 0.6 is 0 Å². The fourth-order valence-corrected chi connectivity index (χ4v) is 3.93. The molecule has 0 bridgehead atoms. The van der Waals surface area contributed by atoms with Crippen molar-refractivity contribution in [1.29, 1.82) is 5.26 Å². The number of methoxy groups -OCH3 is 1. The highest BCUT2D eigenvalue weighted by atomic mass is 32.2. The standard InChI is InChI=1S/C16H10FNO5S/c1-22-16-13(23-11-5-9(7-18)4-10(17)6-11)2-3-14-15(16)12(19)8-24(14,20)21/h2-6H,8H2,1H3. The third-order valence-corrected chi connectivity index (χ3v) is 5.10. The summed E-state index contributed by atoms with van der Waals surface area (Å²) < 4.78 is 48.0. The first kappa shape index (κ1) is 16.0. The second-order valence-electron chi connectivity index (χ2n) is 5.04. The summed E-state index contributed by atoms with van der Waals surface area (Å²) in [6.07, 6.45) is 0. The van der Waals surface area contributed by atoms with Crippen LogP contribution in [-0.2, 0) is 9.84 Å². The molecule has 0 atom stereocenters. The number of fused-ring (bicyclic) bond motifs is 1. The van der Waals surface area contributed by atoms with E-state index in [2.05, 4.69) is 0 Å². The minimum atomic E-state index is -3.68. The number of benzene rings is 2. The SMILES string of the molecule is COc1c(Oc2cc(F)cc(C#N)c2)ccc2c1C(=O)CS2(=O)=O. The number of sulfone groups is 1. The lowest BCUT2D eigenvalue weighted by Crippen LogP contribution is -2.03. The van der Waals surface area contributed by atoms with Crippen LogP contribution in [0.15, 0.2) is 35.2 Å². The molecule has 0 unspecified atom stereocenters. The summed E-state index contributed by atoms with van der Waals surface area (Å²) in [4.78, 5) is 11.9. The Morgan fingerprint density at radius 2 is 2.00 bits per heavy atom. The molecular formula is C16H10FNO5S. The van der Waals surface area contributed by atoms with Gasteiger partial charge in [0.1, 0.15) is 17.3 Å². The number of hydrogen-bond acceptors (Lipinski definition) is 6. The Hall–Kier alpha value is -2.92. The van der Waals surface area contributed by atoms with Gasteiger partial charge < -0.3 is 9.47 Å². The van der Waals surface area contributed by atoms with Gasteiger partial charge in [0.25, 0.3) is 0 Å². The third-order valence-electron chi connectivity index (χ3n) is 3.45. The molecule has 0 spiro atoms. The number of Topliss-reactive ketones (excluding diaryl/α,β-unsaturated/α-hetero) is 1. The predicted molar refractivity (Wildman–Crippen MR) is 80.6 cm³/mol. The lowest BCUT2D eigenvalue weighted by molar-refractivity contribution is 0.101. The molecule has 8 heteroatoms. The average Bonchev–Trinajstić information content (AvgIpc) is 2.76. The zero-order valence-corrected chi connectivity index (χ0v) is 13.2. The van der Waals surface area contributed by atoms with Crippen molar-refractivity contribution >= 4 is 15.6 Å². The van der Waals surface area contributed by atoms with E-state index in [9.17, 15) is 17.6 Å². The Bertz CT molecular complexity index is 1010. The van der Waals surface area contributed by atoms with Crippen LogP contribution in [0.2, 0.25) is 0 Å². The molecule has 6 nitrogen and oxygen atoms in total. The van der Waals surface area contributed by atoms with Crippen LogP contribution in [0.25, 0.3) is 0 Å². The van der Waals surface area contributed by atoms with Gasteiger partial charge in [-0.3, -0.25) is 4.79 Å². The highest BCUT2D eigenvalue weighted by molar-refractivity contribution is 7.92. The first-order valence-corrected chi connectivity index (χ1v) is 8.36. The highest BCUT2D eigenvalue weighted by Gasteiger charge is 2.37. The number of carbonyl (C=O) groups excluding carboxylic acids is 1. The zero-order chi connectivity index (χ0) is 17.5. The van der Waals surface area contributed by atoms with E-state index in [1.807, 2.05) is 0 Å². The zero-order valence-electron chi connectivity index (χ0n) is 12.4. The van der Waals surface area contributed by atoms with Crippen LogP contribution in [0, 0.1) is 17.1 Å². The number of ether oxygens (including phenoxy) is 2. The van der Waals surface area contributed by atoms with E-state index in [0.29, 0.717) is 0 Å². The molecule has 0 saturated carbocycles. The number of rotatable bonds is 3. The van der Waals surface area contributed by atoms with Crippen molar-refractivity contribution in [2.75, 3.05) is 12.9 Å². The number of nitrogens with zero attached hydrogens (tertiary/aromatic N) is 1. The molecule has 0 N–H and O–H groups in total. The van der Waals surface area contributed by atoms with Crippen LogP contribution in [0.5, 0.6) is 17.2 Å². The molecule has 0 fully saturated rings.